The lowest BCUT2D eigenvalue weighted by atomic mass is 10.1. The van der Waals surface area contributed by atoms with Crippen molar-refractivity contribution in [2.24, 2.45) is 0 Å². The summed E-state index contributed by atoms with van der Waals surface area (Å²) in [5.41, 5.74) is 0.869. The zero-order chi connectivity index (χ0) is 16.1. The van der Waals surface area contributed by atoms with Crippen LogP contribution in [0.2, 0.25) is 0 Å². The number of piperidine rings is 1. The number of hydrogen-bond donors (Lipinski definition) is 0. The van der Waals surface area contributed by atoms with Crippen molar-refractivity contribution in [2.75, 3.05) is 44.3 Å². The van der Waals surface area contributed by atoms with Gasteiger partial charge in [-0.2, -0.15) is 5.10 Å². The van der Waals surface area contributed by atoms with Gasteiger partial charge in [0.1, 0.15) is 11.9 Å². The van der Waals surface area contributed by atoms with Crippen LogP contribution in [0.25, 0.3) is 0 Å². The summed E-state index contributed by atoms with van der Waals surface area (Å²) < 4.78 is 7.16. The van der Waals surface area contributed by atoms with Gasteiger partial charge in [0, 0.05) is 32.4 Å². The highest BCUT2D eigenvalue weighted by Gasteiger charge is 2.25. The average Bonchev–Trinajstić information content (AvgIpc) is 2.62. The van der Waals surface area contributed by atoms with Gasteiger partial charge in [0.05, 0.1) is 13.2 Å². The summed E-state index contributed by atoms with van der Waals surface area (Å²) in [7, 11) is 0. The van der Waals surface area contributed by atoms with Crippen LogP contribution >= 0.6 is 0 Å². The van der Waals surface area contributed by atoms with Crippen molar-refractivity contribution in [3.8, 4) is 0 Å². The Morgan fingerprint density at radius 2 is 1.91 bits per heavy atom. The van der Waals surface area contributed by atoms with E-state index in [0.29, 0.717) is 0 Å². The maximum atomic E-state index is 13.0. The van der Waals surface area contributed by atoms with Gasteiger partial charge < -0.3 is 9.64 Å². The highest BCUT2D eigenvalue weighted by atomic mass is 16.5. The van der Waals surface area contributed by atoms with Gasteiger partial charge in [-0.05, 0) is 31.7 Å². The number of hydrogen-bond acceptors (Lipinski definition) is 5. The molecular formula is C17H28N4O2. The number of aromatic nitrogens is 2. The first-order valence-electron chi connectivity index (χ1n) is 8.96. The van der Waals surface area contributed by atoms with Crippen LogP contribution in [0.3, 0.4) is 0 Å². The molecule has 2 saturated heterocycles. The molecule has 1 atom stereocenters. The van der Waals surface area contributed by atoms with Gasteiger partial charge in [0.2, 0.25) is 0 Å². The third kappa shape index (κ3) is 3.75. The minimum Gasteiger partial charge on any atom is -0.379 e. The number of anilines is 1. The zero-order valence-electron chi connectivity index (χ0n) is 14.1. The molecule has 0 aliphatic carbocycles. The van der Waals surface area contributed by atoms with E-state index in [1.807, 2.05) is 6.07 Å². The lowest BCUT2D eigenvalue weighted by Crippen LogP contribution is -2.46. The zero-order valence-corrected chi connectivity index (χ0v) is 14.1. The van der Waals surface area contributed by atoms with E-state index in [0.717, 1.165) is 57.9 Å². The van der Waals surface area contributed by atoms with Crippen LogP contribution in [0.4, 0.5) is 5.69 Å². The number of morpholine rings is 1. The Kier molecular flexibility index (Phi) is 5.67. The fourth-order valence-corrected chi connectivity index (χ4v) is 3.60. The van der Waals surface area contributed by atoms with Gasteiger partial charge in [0.25, 0.3) is 5.56 Å². The van der Waals surface area contributed by atoms with Crippen LogP contribution in [0.1, 0.15) is 45.2 Å². The molecule has 23 heavy (non-hydrogen) atoms. The van der Waals surface area contributed by atoms with E-state index in [2.05, 4.69) is 21.8 Å². The summed E-state index contributed by atoms with van der Waals surface area (Å²) in [5, 5.41) is 4.42. The first-order valence-corrected chi connectivity index (χ1v) is 8.96. The van der Waals surface area contributed by atoms with Gasteiger partial charge in [-0.25, -0.2) is 4.68 Å². The fraction of sp³-hybridized carbons (Fsp3) is 0.765. The third-order valence-electron chi connectivity index (χ3n) is 4.84. The largest absolute Gasteiger partial charge is 0.379 e. The highest BCUT2D eigenvalue weighted by Crippen LogP contribution is 2.20. The van der Waals surface area contributed by atoms with E-state index in [1.165, 1.54) is 19.3 Å². The molecule has 0 saturated carbocycles. The summed E-state index contributed by atoms with van der Waals surface area (Å²) in [5.74, 6) is 0. The molecule has 6 heteroatoms. The Balaban J connectivity index is 1.88. The molecule has 2 aliphatic rings. The Bertz CT molecular complexity index is 548. The monoisotopic (exact) mass is 320 g/mol. The summed E-state index contributed by atoms with van der Waals surface area (Å²) in [6.07, 6.45) is 7.41. The summed E-state index contributed by atoms with van der Waals surface area (Å²) in [6, 6.07) is 1.88. The second-order valence-corrected chi connectivity index (χ2v) is 6.43. The standard InChI is InChI=1S/C17H28N4O2/c1-2-6-16(20-11-13-23-14-12-20)21-17(22)15(7-8-18-21)19-9-4-3-5-10-19/h7-8,16H,2-6,9-14H2,1H3. The van der Waals surface area contributed by atoms with E-state index < -0.39 is 0 Å². The lowest BCUT2D eigenvalue weighted by Gasteiger charge is -2.35. The molecule has 1 aromatic heterocycles. The molecule has 6 nitrogen and oxygen atoms in total. The quantitative estimate of drug-likeness (QED) is 0.829. The second kappa shape index (κ2) is 7.93. The number of nitrogens with zero attached hydrogens (tertiary/aromatic N) is 4. The van der Waals surface area contributed by atoms with Crippen LogP contribution in [-0.2, 0) is 4.74 Å². The van der Waals surface area contributed by atoms with E-state index in [-0.39, 0.29) is 11.7 Å². The molecule has 0 amide bonds. The smallest absolute Gasteiger partial charge is 0.291 e. The first kappa shape index (κ1) is 16.5. The summed E-state index contributed by atoms with van der Waals surface area (Å²) in [6.45, 7) is 7.33. The van der Waals surface area contributed by atoms with Crippen LogP contribution in [0.5, 0.6) is 0 Å². The van der Waals surface area contributed by atoms with Crippen LogP contribution < -0.4 is 10.5 Å². The van der Waals surface area contributed by atoms with E-state index in [9.17, 15) is 4.79 Å². The molecule has 128 valence electrons. The van der Waals surface area contributed by atoms with Crippen molar-refractivity contribution in [2.45, 2.75) is 45.2 Å². The predicted molar refractivity (Wildman–Crippen MR) is 90.9 cm³/mol. The maximum Gasteiger partial charge on any atom is 0.291 e. The van der Waals surface area contributed by atoms with E-state index >= 15 is 0 Å². The highest BCUT2D eigenvalue weighted by molar-refractivity contribution is 5.43. The molecule has 2 aliphatic heterocycles. The fourth-order valence-electron chi connectivity index (χ4n) is 3.60. The minimum absolute atomic E-state index is 0.0427. The van der Waals surface area contributed by atoms with Crippen LogP contribution in [0.15, 0.2) is 17.1 Å². The Labute approximate surface area is 138 Å². The lowest BCUT2D eigenvalue weighted by molar-refractivity contribution is -0.00927. The molecule has 0 N–H and O–H groups in total. The topological polar surface area (TPSA) is 50.6 Å². The Hall–Kier alpha value is -1.40. The van der Waals surface area contributed by atoms with Crippen molar-refractivity contribution >= 4 is 5.69 Å². The minimum atomic E-state index is 0.0427. The van der Waals surface area contributed by atoms with Crippen molar-refractivity contribution in [3.05, 3.63) is 22.6 Å². The second-order valence-electron chi connectivity index (χ2n) is 6.43. The van der Waals surface area contributed by atoms with Crippen molar-refractivity contribution in [1.29, 1.82) is 0 Å². The average molecular weight is 320 g/mol. The number of ether oxygens (including phenoxy) is 1. The Morgan fingerprint density at radius 1 is 1.17 bits per heavy atom. The van der Waals surface area contributed by atoms with E-state index in [1.54, 1.807) is 10.9 Å². The molecule has 0 spiro atoms. The van der Waals surface area contributed by atoms with Gasteiger partial charge in [-0.15, -0.1) is 0 Å². The van der Waals surface area contributed by atoms with Gasteiger partial charge in [-0.1, -0.05) is 13.3 Å². The van der Waals surface area contributed by atoms with Crippen molar-refractivity contribution in [1.82, 2.24) is 14.7 Å². The molecule has 2 fully saturated rings. The maximum absolute atomic E-state index is 13.0. The molecule has 3 heterocycles. The van der Waals surface area contributed by atoms with Gasteiger partial charge in [0.15, 0.2) is 0 Å². The van der Waals surface area contributed by atoms with Crippen molar-refractivity contribution in [3.63, 3.8) is 0 Å². The predicted octanol–water partition coefficient (Wildman–Crippen LogP) is 1.86. The molecule has 3 rings (SSSR count). The third-order valence-corrected chi connectivity index (χ3v) is 4.84. The van der Waals surface area contributed by atoms with E-state index in [4.69, 9.17) is 4.74 Å². The summed E-state index contributed by atoms with van der Waals surface area (Å²) in [4.78, 5) is 17.6. The SMILES string of the molecule is CCCC(N1CCOCC1)n1nccc(N2CCCCC2)c1=O. The molecular weight excluding hydrogens is 292 g/mol. The molecule has 1 aromatic rings. The molecule has 0 bridgehead atoms. The summed E-state index contributed by atoms with van der Waals surface area (Å²) >= 11 is 0. The van der Waals surface area contributed by atoms with Crippen LogP contribution in [-0.4, -0.2) is 54.1 Å². The first-order chi connectivity index (χ1) is 11.3. The molecule has 0 radical (unpaired) electrons. The van der Waals surface area contributed by atoms with Gasteiger partial charge >= 0.3 is 0 Å². The van der Waals surface area contributed by atoms with Crippen LogP contribution in [0, 0.1) is 0 Å². The number of rotatable bonds is 5. The van der Waals surface area contributed by atoms with Crippen molar-refractivity contribution < 1.29 is 4.74 Å². The Morgan fingerprint density at radius 3 is 2.61 bits per heavy atom. The normalized spacial score (nSPS) is 21.3. The van der Waals surface area contributed by atoms with Gasteiger partial charge in [-0.3, -0.25) is 9.69 Å². The molecule has 0 aromatic carbocycles. The molecule has 1 unspecified atom stereocenters.